The number of rotatable bonds is 3. The number of carbonyl (C=O) groups is 1. The van der Waals surface area contributed by atoms with Gasteiger partial charge in [-0.15, -0.1) is 0 Å². The molecule has 1 saturated heterocycles. The van der Waals surface area contributed by atoms with Crippen molar-refractivity contribution in [2.45, 2.75) is 25.9 Å². The molecular formula is C14H18F3N3O2. The summed E-state index contributed by atoms with van der Waals surface area (Å²) in [4.78, 5) is 20.8. The van der Waals surface area contributed by atoms with Gasteiger partial charge in [0.1, 0.15) is 0 Å². The Bertz CT molecular complexity index is 519. The number of aromatic nitrogens is 2. The number of hydrogen-bond donors (Lipinski definition) is 0. The molecule has 0 bridgehead atoms. The van der Waals surface area contributed by atoms with Gasteiger partial charge in [-0.1, -0.05) is 6.92 Å². The SMILES string of the molecule is COC(=O)CC1CCN(c2ncc(C(F)(F)F)cn2)CC1C. The monoisotopic (exact) mass is 317 g/mol. The Morgan fingerprint density at radius 3 is 2.55 bits per heavy atom. The molecule has 0 N–H and O–H groups in total. The van der Waals surface area contributed by atoms with Gasteiger partial charge in [0, 0.05) is 31.9 Å². The van der Waals surface area contributed by atoms with E-state index in [1.54, 1.807) is 0 Å². The van der Waals surface area contributed by atoms with Gasteiger partial charge in [0.25, 0.3) is 0 Å². The highest BCUT2D eigenvalue weighted by Gasteiger charge is 2.33. The Hall–Kier alpha value is -1.86. The molecule has 1 aliphatic heterocycles. The predicted octanol–water partition coefficient (Wildman–Crippen LogP) is 2.52. The van der Waals surface area contributed by atoms with Crippen LogP contribution in [-0.2, 0) is 15.7 Å². The minimum Gasteiger partial charge on any atom is -0.469 e. The molecule has 2 atom stereocenters. The first-order valence-corrected chi connectivity index (χ1v) is 7.02. The molecule has 0 radical (unpaired) electrons. The number of methoxy groups -OCH3 is 1. The van der Waals surface area contributed by atoms with Crippen molar-refractivity contribution in [1.29, 1.82) is 0 Å². The van der Waals surface area contributed by atoms with Crippen LogP contribution in [-0.4, -0.2) is 36.1 Å². The van der Waals surface area contributed by atoms with E-state index in [0.29, 0.717) is 19.5 Å². The van der Waals surface area contributed by atoms with Gasteiger partial charge in [0.15, 0.2) is 0 Å². The maximum Gasteiger partial charge on any atom is 0.419 e. The molecule has 22 heavy (non-hydrogen) atoms. The fourth-order valence-electron chi connectivity index (χ4n) is 2.61. The summed E-state index contributed by atoms with van der Waals surface area (Å²) < 4.78 is 42.2. The number of anilines is 1. The quantitative estimate of drug-likeness (QED) is 0.802. The molecule has 1 fully saturated rings. The third-order valence-electron chi connectivity index (χ3n) is 3.99. The van der Waals surface area contributed by atoms with Crippen molar-refractivity contribution in [2.24, 2.45) is 11.8 Å². The largest absolute Gasteiger partial charge is 0.469 e. The molecule has 0 saturated carbocycles. The van der Waals surface area contributed by atoms with Crippen molar-refractivity contribution in [3.05, 3.63) is 18.0 Å². The summed E-state index contributed by atoms with van der Waals surface area (Å²) in [5.74, 6) is 0.462. The van der Waals surface area contributed by atoms with Crippen LogP contribution in [0.5, 0.6) is 0 Å². The molecule has 122 valence electrons. The van der Waals surface area contributed by atoms with Gasteiger partial charge in [-0.3, -0.25) is 4.79 Å². The lowest BCUT2D eigenvalue weighted by molar-refractivity contribution is -0.142. The highest BCUT2D eigenvalue weighted by molar-refractivity contribution is 5.69. The highest BCUT2D eigenvalue weighted by atomic mass is 19.4. The Morgan fingerprint density at radius 2 is 2.05 bits per heavy atom. The van der Waals surface area contributed by atoms with Gasteiger partial charge < -0.3 is 9.64 Å². The van der Waals surface area contributed by atoms with Crippen LogP contribution in [0.4, 0.5) is 19.1 Å². The molecule has 0 amide bonds. The van der Waals surface area contributed by atoms with Crippen LogP contribution >= 0.6 is 0 Å². The molecule has 0 aliphatic carbocycles. The van der Waals surface area contributed by atoms with Gasteiger partial charge in [0.2, 0.25) is 5.95 Å². The van der Waals surface area contributed by atoms with Crippen molar-refractivity contribution in [3.63, 3.8) is 0 Å². The van der Waals surface area contributed by atoms with E-state index in [9.17, 15) is 18.0 Å². The second-order valence-corrected chi connectivity index (χ2v) is 5.52. The van der Waals surface area contributed by atoms with E-state index in [4.69, 9.17) is 0 Å². The fourth-order valence-corrected chi connectivity index (χ4v) is 2.61. The minimum atomic E-state index is -4.43. The number of halogens is 3. The molecule has 2 heterocycles. The molecule has 1 aliphatic rings. The summed E-state index contributed by atoms with van der Waals surface area (Å²) in [5, 5.41) is 0. The predicted molar refractivity (Wildman–Crippen MR) is 73.2 cm³/mol. The molecule has 2 rings (SSSR count). The smallest absolute Gasteiger partial charge is 0.419 e. The van der Waals surface area contributed by atoms with E-state index < -0.39 is 11.7 Å². The molecule has 8 heteroatoms. The number of nitrogens with zero attached hydrogens (tertiary/aromatic N) is 3. The number of hydrogen-bond acceptors (Lipinski definition) is 5. The number of piperidine rings is 1. The topological polar surface area (TPSA) is 55.3 Å². The van der Waals surface area contributed by atoms with E-state index >= 15 is 0 Å². The van der Waals surface area contributed by atoms with E-state index in [1.165, 1.54) is 7.11 Å². The maximum absolute atomic E-state index is 12.5. The lowest BCUT2D eigenvalue weighted by atomic mass is 9.84. The molecule has 1 aromatic rings. The average molecular weight is 317 g/mol. The van der Waals surface area contributed by atoms with Crippen molar-refractivity contribution in [3.8, 4) is 0 Å². The Labute approximate surface area is 126 Å². The summed E-state index contributed by atoms with van der Waals surface area (Å²) in [6.07, 6.45) is -1.72. The third kappa shape index (κ3) is 3.86. The summed E-state index contributed by atoms with van der Waals surface area (Å²) in [5.41, 5.74) is -0.857. The third-order valence-corrected chi connectivity index (χ3v) is 3.99. The normalized spacial score (nSPS) is 22.5. The lowest BCUT2D eigenvalue weighted by Gasteiger charge is -2.36. The highest BCUT2D eigenvalue weighted by Crippen LogP contribution is 2.30. The van der Waals surface area contributed by atoms with E-state index in [0.717, 1.165) is 18.8 Å². The number of carbonyl (C=O) groups excluding carboxylic acids is 1. The van der Waals surface area contributed by atoms with Crippen LogP contribution in [0, 0.1) is 11.8 Å². The van der Waals surface area contributed by atoms with Crippen LogP contribution in [0.25, 0.3) is 0 Å². The number of ether oxygens (including phenoxy) is 1. The molecule has 2 unspecified atom stereocenters. The van der Waals surface area contributed by atoms with E-state index in [-0.39, 0.29) is 23.8 Å². The molecule has 5 nitrogen and oxygen atoms in total. The van der Waals surface area contributed by atoms with E-state index in [2.05, 4.69) is 14.7 Å². The number of alkyl halides is 3. The fraction of sp³-hybridized carbons (Fsp3) is 0.643. The van der Waals surface area contributed by atoms with Crippen molar-refractivity contribution < 1.29 is 22.7 Å². The lowest BCUT2D eigenvalue weighted by Crippen LogP contribution is -2.41. The van der Waals surface area contributed by atoms with Gasteiger partial charge >= 0.3 is 12.1 Å². The summed E-state index contributed by atoms with van der Waals surface area (Å²) >= 11 is 0. The summed E-state index contributed by atoms with van der Waals surface area (Å²) in [6, 6.07) is 0. The van der Waals surface area contributed by atoms with Gasteiger partial charge in [-0.2, -0.15) is 13.2 Å². The molecule has 0 aromatic carbocycles. The summed E-state index contributed by atoms with van der Waals surface area (Å²) in [7, 11) is 1.36. The molecule has 0 spiro atoms. The Morgan fingerprint density at radius 1 is 1.41 bits per heavy atom. The minimum absolute atomic E-state index is 0.207. The number of esters is 1. The van der Waals surface area contributed by atoms with Crippen LogP contribution in [0.1, 0.15) is 25.3 Å². The zero-order chi connectivity index (χ0) is 16.3. The molecular weight excluding hydrogens is 299 g/mol. The Kier molecular flexibility index (Phi) is 4.87. The molecule has 1 aromatic heterocycles. The Balaban J connectivity index is 1.99. The van der Waals surface area contributed by atoms with Gasteiger partial charge in [-0.05, 0) is 18.3 Å². The van der Waals surface area contributed by atoms with Crippen LogP contribution in [0.3, 0.4) is 0 Å². The van der Waals surface area contributed by atoms with Crippen molar-refractivity contribution >= 4 is 11.9 Å². The van der Waals surface area contributed by atoms with Gasteiger partial charge in [0.05, 0.1) is 12.7 Å². The van der Waals surface area contributed by atoms with Crippen molar-refractivity contribution in [2.75, 3.05) is 25.1 Å². The maximum atomic E-state index is 12.5. The first-order valence-electron chi connectivity index (χ1n) is 7.02. The van der Waals surface area contributed by atoms with Crippen molar-refractivity contribution in [1.82, 2.24) is 9.97 Å². The van der Waals surface area contributed by atoms with Crippen LogP contribution in [0.15, 0.2) is 12.4 Å². The second-order valence-electron chi connectivity index (χ2n) is 5.52. The average Bonchev–Trinajstić information content (AvgIpc) is 2.48. The first-order chi connectivity index (χ1) is 10.3. The first kappa shape index (κ1) is 16.5. The second kappa shape index (κ2) is 6.50. The zero-order valence-electron chi connectivity index (χ0n) is 12.4. The van der Waals surface area contributed by atoms with Crippen LogP contribution in [0.2, 0.25) is 0 Å². The summed E-state index contributed by atoms with van der Waals surface area (Å²) in [6.45, 7) is 3.22. The van der Waals surface area contributed by atoms with E-state index in [1.807, 2.05) is 11.8 Å². The van der Waals surface area contributed by atoms with Crippen LogP contribution < -0.4 is 4.90 Å². The zero-order valence-corrected chi connectivity index (χ0v) is 12.4. The van der Waals surface area contributed by atoms with Gasteiger partial charge in [-0.25, -0.2) is 9.97 Å². The standard InChI is InChI=1S/C14H18F3N3O2/c1-9-8-20(4-3-10(9)5-12(21)22-2)13-18-6-11(7-19-13)14(15,16)17/h6-7,9-10H,3-5,8H2,1-2H3.